The van der Waals surface area contributed by atoms with Gasteiger partial charge in [-0.05, 0) is 37.1 Å². The molecule has 4 rings (SSSR count). The number of rotatable bonds is 3. The summed E-state index contributed by atoms with van der Waals surface area (Å²) in [6, 6.07) is 4.22. The molecule has 0 saturated carbocycles. The first-order valence-electron chi connectivity index (χ1n) is 11.0. The number of alkyl halides is 6. The van der Waals surface area contributed by atoms with Gasteiger partial charge in [-0.25, -0.2) is 9.59 Å². The highest BCUT2D eigenvalue weighted by Crippen LogP contribution is 2.35. The van der Waals surface area contributed by atoms with Crippen LogP contribution in [0.4, 0.5) is 31.5 Å². The molecule has 2 aliphatic heterocycles. The molecule has 2 aromatic heterocycles. The number of aromatic nitrogens is 3. The number of piperidine rings is 1. The average molecular weight is 574 g/mol. The minimum atomic E-state index is -5.08. The second-order valence-electron chi connectivity index (χ2n) is 8.47. The molecule has 0 bridgehead atoms. The number of halogens is 6. The molecule has 17 heteroatoms. The maximum Gasteiger partial charge on any atom is 0.490 e. The molecule has 2 saturated heterocycles. The Balaban J connectivity index is 0.000000301. The van der Waals surface area contributed by atoms with Gasteiger partial charge in [-0.2, -0.15) is 26.3 Å². The van der Waals surface area contributed by atoms with E-state index in [9.17, 15) is 26.3 Å². The van der Waals surface area contributed by atoms with E-state index in [1.165, 1.54) is 18.4 Å². The summed E-state index contributed by atoms with van der Waals surface area (Å²) in [6.07, 6.45) is -3.98. The number of carboxylic acid groups (broad SMARTS) is 2. The second kappa shape index (κ2) is 13.7. The third-order valence-electron chi connectivity index (χ3n) is 5.44. The summed E-state index contributed by atoms with van der Waals surface area (Å²) in [7, 11) is 0. The minimum absolute atomic E-state index is 0.188. The van der Waals surface area contributed by atoms with Gasteiger partial charge < -0.3 is 19.8 Å². The zero-order valence-corrected chi connectivity index (χ0v) is 20.6. The molecule has 0 aromatic carbocycles. The van der Waals surface area contributed by atoms with Crippen LogP contribution in [-0.2, 0) is 20.9 Å². The molecule has 2 aliphatic rings. The van der Waals surface area contributed by atoms with E-state index in [1.807, 2.05) is 17.9 Å². The Kier molecular flexibility index (Phi) is 11.2. The van der Waals surface area contributed by atoms with E-state index in [0.717, 1.165) is 51.1 Å². The van der Waals surface area contributed by atoms with Crippen molar-refractivity contribution in [2.75, 3.05) is 44.3 Å². The van der Waals surface area contributed by atoms with Crippen molar-refractivity contribution in [3.05, 3.63) is 35.6 Å². The molecule has 2 N–H and O–H groups in total. The zero-order chi connectivity index (χ0) is 28.4. The fourth-order valence-corrected chi connectivity index (χ4v) is 4.49. The molecule has 1 unspecified atom stereocenters. The monoisotopic (exact) mass is 573 g/mol. The van der Waals surface area contributed by atoms with Crippen molar-refractivity contribution in [3.63, 3.8) is 0 Å². The fraction of sp³-hybridized carbons (Fsp3) is 0.571. The van der Waals surface area contributed by atoms with Gasteiger partial charge in [-0.15, -0.1) is 10.2 Å². The van der Waals surface area contributed by atoms with Gasteiger partial charge in [-0.1, -0.05) is 11.3 Å². The number of anilines is 1. The number of pyridine rings is 1. The lowest BCUT2D eigenvalue weighted by Gasteiger charge is -2.43. The first-order chi connectivity index (χ1) is 17.7. The van der Waals surface area contributed by atoms with Crippen molar-refractivity contribution in [1.29, 1.82) is 0 Å². The number of nitrogens with zero attached hydrogens (tertiary/aromatic N) is 5. The number of aliphatic carboxylic acids is 2. The van der Waals surface area contributed by atoms with E-state index in [-0.39, 0.29) is 5.41 Å². The third kappa shape index (κ3) is 10.4. The molecular weight excluding hydrogens is 548 g/mol. The van der Waals surface area contributed by atoms with Crippen molar-refractivity contribution < 1.29 is 50.9 Å². The van der Waals surface area contributed by atoms with E-state index in [4.69, 9.17) is 24.5 Å². The van der Waals surface area contributed by atoms with E-state index in [0.29, 0.717) is 0 Å². The Morgan fingerprint density at radius 2 is 1.63 bits per heavy atom. The highest BCUT2D eigenvalue weighted by molar-refractivity contribution is 7.13. The SMILES string of the molecule is O=C(O)C(F)(F)F.O=C(O)C(F)(F)F.c1cc(CN2CCCC3(COCCN(c4nncs4)C3)C2)ccn1. The first kappa shape index (κ1) is 31.2. The Morgan fingerprint density at radius 1 is 1.03 bits per heavy atom. The first-order valence-corrected chi connectivity index (χ1v) is 11.9. The summed E-state index contributed by atoms with van der Waals surface area (Å²) in [5.41, 5.74) is 3.33. The van der Waals surface area contributed by atoms with Gasteiger partial charge in [0, 0.05) is 44.0 Å². The maximum atomic E-state index is 10.6. The molecule has 2 fully saturated rings. The van der Waals surface area contributed by atoms with E-state index in [2.05, 4.69) is 37.1 Å². The van der Waals surface area contributed by atoms with Gasteiger partial charge >= 0.3 is 24.3 Å². The molecule has 0 amide bonds. The Morgan fingerprint density at radius 3 is 2.16 bits per heavy atom. The number of likely N-dealkylation sites (tertiary alicyclic amines) is 1. The van der Waals surface area contributed by atoms with Crippen molar-refractivity contribution >= 4 is 28.4 Å². The molecular formula is C21H25F6N5O5S. The maximum absolute atomic E-state index is 10.6. The molecule has 2 aromatic rings. The number of carboxylic acids is 2. The summed E-state index contributed by atoms with van der Waals surface area (Å²) < 4.78 is 69.5. The standard InChI is InChI=1S/C17H23N5OS.2C2HF3O2/c1-4-17(11-21(7-1)10-15-2-5-18-6-3-15)12-22(8-9-23-13-17)16-20-19-14-24-16;2*3-2(4,5)1(6)7/h2-3,5-6,14H,1,4,7-13H2;2*(H,6,7). The van der Waals surface area contributed by atoms with Crippen molar-refractivity contribution in [1.82, 2.24) is 20.1 Å². The van der Waals surface area contributed by atoms with Crippen molar-refractivity contribution in [3.8, 4) is 0 Å². The van der Waals surface area contributed by atoms with Crippen LogP contribution < -0.4 is 4.90 Å². The zero-order valence-electron chi connectivity index (χ0n) is 19.8. The smallest absolute Gasteiger partial charge is 0.475 e. The summed E-state index contributed by atoms with van der Waals surface area (Å²) in [5.74, 6) is -5.51. The van der Waals surface area contributed by atoms with Crippen LogP contribution in [0.5, 0.6) is 0 Å². The van der Waals surface area contributed by atoms with E-state index < -0.39 is 24.3 Å². The van der Waals surface area contributed by atoms with Gasteiger partial charge in [0.25, 0.3) is 0 Å². The molecule has 10 nitrogen and oxygen atoms in total. The van der Waals surface area contributed by atoms with Gasteiger partial charge in [0.2, 0.25) is 5.13 Å². The number of hydrogen-bond donors (Lipinski definition) is 2. The van der Waals surface area contributed by atoms with Crippen molar-refractivity contribution in [2.45, 2.75) is 31.7 Å². The summed E-state index contributed by atoms with van der Waals surface area (Å²) in [5, 5.41) is 23.5. The molecule has 0 aliphatic carbocycles. The van der Waals surface area contributed by atoms with Gasteiger partial charge in [0.05, 0.1) is 13.2 Å². The van der Waals surface area contributed by atoms with E-state index in [1.54, 1.807) is 11.3 Å². The van der Waals surface area contributed by atoms with Gasteiger partial charge in [0.1, 0.15) is 5.51 Å². The predicted molar refractivity (Wildman–Crippen MR) is 122 cm³/mol. The fourth-order valence-electron chi connectivity index (χ4n) is 3.90. The highest BCUT2D eigenvalue weighted by Gasteiger charge is 2.40. The number of carbonyl (C=O) groups is 2. The summed E-state index contributed by atoms with van der Waals surface area (Å²) >= 11 is 1.62. The Labute approximate surface area is 216 Å². The second-order valence-corrected chi connectivity index (χ2v) is 9.28. The Hall–Kier alpha value is -3.05. The molecule has 1 spiro atoms. The number of ether oxygens (including phenoxy) is 1. The van der Waals surface area contributed by atoms with Gasteiger partial charge in [-0.3, -0.25) is 9.88 Å². The van der Waals surface area contributed by atoms with Crippen LogP contribution in [0.2, 0.25) is 0 Å². The quantitative estimate of drug-likeness (QED) is 0.528. The molecule has 1 atom stereocenters. The number of hydrogen-bond acceptors (Lipinski definition) is 9. The largest absolute Gasteiger partial charge is 0.490 e. The van der Waals surface area contributed by atoms with Crippen molar-refractivity contribution in [2.24, 2.45) is 5.41 Å². The lowest BCUT2D eigenvalue weighted by atomic mass is 9.80. The van der Waals surface area contributed by atoms with Gasteiger partial charge in [0.15, 0.2) is 0 Å². The van der Waals surface area contributed by atoms with Crippen LogP contribution >= 0.6 is 11.3 Å². The van der Waals surface area contributed by atoms with E-state index >= 15 is 0 Å². The predicted octanol–water partition coefficient (Wildman–Crippen LogP) is 3.32. The van der Waals surface area contributed by atoms with Crippen LogP contribution in [0.15, 0.2) is 30.0 Å². The molecule has 4 heterocycles. The highest BCUT2D eigenvalue weighted by atomic mass is 32.1. The Bertz CT molecular complexity index is 988. The van der Waals surface area contributed by atoms with Crippen LogP contribution in [0.3, 0.4) is 0 Å². The average Bonchev–Trinajstić information content (AvgIpc) is 3.29. The third-order valence-corrected chi connectivity index (χ3v) is 6.19. The minimum Gasteiger partial charge on any atom is -0.475 e. The lowest BCUT2D eigenvalue weighted by Crippen LogP contribution is -2.50. The summed E-state index contributed by atoms with van der Waals surface area (Å²) in [6.45, 7) is 6.74. The van der Waals surface area contributed by atoms with Crippen LogP contribution in [-0.4, -0.2) is 94.0 Å². The van der Waals surface area contributed by atoms with Crippen LogP contribution in [0.25, 0.3) is 0 Å². The molecule has 212 valence electrons. The van der Waals surface area contributed by atoms with Crippen LogP contribution in [0.1, 0.15) is 18.4 Å². The molecule has 0 radical (unpaired) electrons. The summed E-state index contributed by atoms with van der Waals surface area (Å²) in [4.78, 5) is 26.8. The van der Waals surface area contributed by atoms with Crippen LogP contribution in [0, 0.1) is 5.41 Å². The lowest BCUT2D eigenvalue weighted by molar-refractivity contribution is -0.193. The normalized spacial score (nSPS) is 20.4. The molecule has 38 heavy (non-hydrogen) atoms. The topological polar surface area (TPSA) is 129 Å².